The van der Waals surface area contributed by atoms with Gasteiger partial charge in [-0.3, -0.25) is 0 Å². The minimum atomic E-state index is -0.522. The van der Waals surface area contributed by atoms with Crippen LogP contribution >= 0.6 is 0 Å². The van der Waals surface area contributed by atoms with Crippen LogP contribution in [0.1, 0.15) is 135 Å². The molecule has 1 aliphatic heterocycles. The van der Waals surface area contributed by atoms with Crippen LogP contribution in [0.4, 0.5) is 0 Å². The Morgan fingerprint density at radius 3 is 1.73 bits per heavy atom. The molecule has 0 aromatic heterocycles. The second-order valence-electron chi connectivity index (χ2n) is 9.42. The van der Waals surface area contributed by atoms with Crippen molar-refractivity contribution in [2.75, 3.05) is 19.8 Å². The van der Waals surface area contributed by atoms with E-state index in [9.17, 15) is 5.11 Å². The van der Waals surface area contributed by atoms with Crippen molar-refractivity contribution < 1.29 is 14.6 Å². The molecule has 1 rings (SSSR count). The topological polar surface area (TPSA) is 38.4 Å². The van der Waals surface area contributed by atoms with Crippen LogP contribution < -0.4 is 0 Å². The van der Waals surface area contributed by atoms with Crippen molar-refractivity contribution in [3.05, 3.63) is 6.92 Å². The zero-order chi connectivity index (χ0) is 21.5. The fourth-order valence-corrected chi connectivity index (χ4v) is 4.39. The third-order valence-corrected chi connectivity index (χ3v) is 6.44. The van der Waals surface area contributed by atoms with Crippen LogP contribution in [-0.2, 0) is 14.6 Å². The molecule has 0 amide bonds. The van der Waals surface area contributed by atoms with Crippen LogP contribution in [0.2, 0.25) is 0 Å². The summed E-state index contributed by atoms with van der Waals surface area (Å²) in [5, 5.41) is 11.6. The number of unbranched alkanes of at least 4 members (excludes halogenated alkanes) is 15. The Balaban J connectivity index is 1.78. The summed E-state index contributed by atoms with van der Waals surface area (Å²) in [5.74, 6) is 0. The maximum atomic E-state index is 11.6. The smallest absolute Gasteiger partial charge is 0.116 e. The van der Waals surface area contributed by atoms with Crippen LogP contribution in [0, 0.1) is 6.92 Å². The van der Waals surface area contributed by atoms with Crippen molar-refractivity contribution in [1.82, 2.24) is 0 Å². The van der Waals surface area contributed by atoms with Gasteiger partial charge in [-0.2, -0.15) is 0 Å². The minimum Gasteiger partial charge on any atom is -0.379 e. The lowest BCUT2D eigenvalue weighted by molar-refractivity contribution is -0.0346. The molecule has 1 heterocycles. The van der Waals surface area contributed by atoms with Crippen LogP contribution in [0.15, 0.2) is 0 Å². The molecule has 2 atom stereocenters. The van der Waals surface area contributed by atoms with Crippen LogP contribution in [0.3, 0.4) is 0 Å². The molecule has 0 aromatic rings. The molecule has 0 aliphatic carbocycles. The zero-order valence-electron chi connectivity index (χ0n) is 20.1. The first-order valence-electron chi connectivity index (χ1n) is 13.5. The molecular weight excluding hydrogens is 372 g/mol. The third kappa shape index (κ3) is 18.6. The maximum Gasteiger partial charge on any atom is 0.116 e. The van der Waals surface area contributed by atoms with Gasteiger partial charge in [0.1, 0.15) is 6.10 Å². The molecule has 0 bridgehead atoms. The Kier molecular flexibility index (Phi) is 20.6. The molecule has 3 heteroatoms. The Morgan fingerprint density at radius 1 is 0.667 bits per heavy atom. The third-order valence-electron chi connectivity index (χ3n) is 6.44. The van der Waals surface area contributed by atoms with Gasteiger partial charge in [0.05, 0.1) is 12.7 Å². The van der Waals surface area contributed by atoms with E-state index in [2.05, 4.69) is 6.92 Å². The van der Waals surface area contributed by atoms with Gasteiger partial charge in [0.2, 0.25) is 0 Å². The summed E-state index contributed by atoms with van der Waals surface area (Å²) in [6.07, 6.45) is 26.7. The van der Waals surface area contributed by atoms with E-state index in [0.717, 1.165) is 45.1 Å². The van der Waals surface area contributed by atoms with E-state index in [0.29, 0.717) is 19.3 Å². The molecule has 0 N–H and O–H groups in total. The Morgan fingerprint density at radius 2 is 1.17 bits per heavy atom. The summed E-state index contributed by atoms with van der Waals surface area (Å²) in [6.45, 7) is 5.86. The van der Waals surface area contributed by atoms with Gasteiger partial charge in [-0.1, -0.05) is 116 Å². The molecular formula is C27H52O3. The lowest BCUT2D eigenvalue weighted by Crippen LogP contribution is -2.21. The van der Waals surface area contributed by atoms with Crippen molar-refractivity contribution in [3.63, 3.8) is 0 Å². The zero-order valence-corrected chi connectivity index (χ0v) is 20.1. The molecule has 2 unspecified atom stereocenters. The molecule has 0 saturated carbocycles. The van der Waals surface area contributed by atoms with E-state index in [1.807, 2.05) is 0 Å². The van der Waals surface area contributed by atoms with Gasteiger partial charge in [0.15, 0.2) is 0 Å². The van der Waals surface area contributed by atoms with Crippen LogP contribution in [0.5, 0.6) is 0 Å². The van der Waals surface area contributed by atoms with Gasteiger partial charge in [0, 0.05) is 13.2 Å². The standard InChI is InChI=1S/C27H52O3/c1-2-3-4-5-6-7-8-9-10-11-12-13-14-15-16-19-23-30-27-21-18-17-20-26(28)25-29-24-22-27/h26-27H,1-25H2. The first-order chi connectivity index (χ1) is 14.8. The summed E-state index contributed by atoms with van der Waals surface area (Å²) in [5.41, 5.74) is 0. The highest BCUT2D eigenvalue weighted by atomic mass is 16.5. The number of hydrogen-bond acceptors (Lipinski definition) is 2. The first-order valence-corrected chi connectivity index (χ1v) is 13.5. The van der Waals surface area contributed by atoms with Gasteiger partial charge in [-0.15, -0.1) is 0 Å². The highest BCUT2D eigenvalue weighted by molar-refractivity contribution is 4.63. The van der Waals surface area contributed by atoms with Gasteiger partial charge < -0.3 is 9.47 Å². The van der Waals surface area contributed by atoms with Gasteiger partial charge in [0.25, 0.3) is 0 Å². The largest absolute Gasteiger partial charge is 0.379 e. The summed E-state index contributed by atoms with van der Waals surface area (Å²) < 4.78 is 11.6. The summed E-state index contributed by atoms with van der Waals surface area (Å²) in [6, 6.07) is 0. The summed E-state index contributed by atoms with van der Waals surface area (Å²) in [7, 11) is 0. The van der Waals surface area contributed by atoms with E-state index in [1.165, 1.54) is 96.3 Å². The number of hydrogen-bond donors (Lipinski definition) is 0. The number of rotatable bonds is 18. The normalized spacial score (nSPS) is 21.0. The van der Waals surface area contributed by atoms with Crippen LogP contribution in [0.25, 0.3) is 0 Å². The highest BCUT2D eigenvalue weighted by Gasteiger charge is 2.14. The molecule has 3 nitrogen and oxygen atoms in total. The van der Waals surface area contributed by atoms with E-state index in [4.69, 9.17) is 9.47 Å². The molecule has 1 fully saturated rings. The Bertz CT molecular complexity index is 322. The van der Waals surface area contributed by atoms with E-state index in [-0.39, 0.29) is 0 Å². The average Bonchev–Trinajstić information content (AvgIpc) is 2.75. The Hall–Kier alpha value is -0.120. The second kappa shape index (κ2) is 22.1. The van der Waals surface area contributed by atoms with Crippen molar-refractivity contribution >= 4 is 0 Å². The monoisotopic (exact) mass is 424 g/mol. The lowest BCUT2D eigenvalue weighted by atomic mass is 10.0. The quantitative estimate of drug-likeness (QED) is 0.208. The van der Waals surface area contributed by atoms with Gasteiger partial charge in [-0.25, -0.2) is 5.11 Å². The van der Waals surface area contributed by atoms with Crippen molar-refractivity contribution in [3.8, 4) is 0 Å². The molecule has 1 saturated heterocycles. The first kappa shape index (κ1) is 27.9. The Labute approximate surface area is 188 Å². The summed E-state index contributed by atoms with van der Waals surface area (Å²) >= 11 is 0. The maximum absolute atomic E-state index is 11.6. The van der Waals surface area contributed by atoms with E-state index < -0.39 is 6.10 Å². The highest BCUT2D eigenvalue weighted by Crippen LogP contribution is 2.16. The predicted octanol–water partition coefficient (Wildman–Crippen LogP) is 8.23. The van der Waals surface area contributed by atoms with Crippen molar-refractivity contribution in [2.45, 2.75) is 147 Å². The lowest BCUT2D eigenvalue weighted by Gasteiger charge is -2.20. The molecule has 0 spiro atoms. The average molecular weight is 425 g/mol. The molecule has 1 aliphatic rings. The van der Waals surface area contributed by atoms with E-state index in [1.54, 1.807) is 0 Å². The fourth-order valence-electron chi connectivity index (χ4n) is 4.39. The molecule has 0 aromatic carbocycles. The van der Waals surface area contributed by atoms with E-state index >= 15 is 0 Å². The molecule has 178 valence electrons. The molecule has 30 heavy (non-hydrogen) atoms. The number of ether oxygens (including phenoxy) is 2. The van der Waals surface area contributed by atoms with Gasteiger partial charge in [-0.05, 0) is 25.7 Å². The fraction of sp³-hybridized carbons (Fsp3) is 0.963. The molecule has 2 radical (unpaired) electrons. The second-order valence-corrected chi connectivity index (χ2v) is 9.42. The predicted molar refractivity (Wildman–Crippen MR) is 127 cm³/mol. The van der Waals surface area contributed by atoms with Crippen molar-refractivity contribution in [2.24, 2.45) is 0 Å². The van der Waals surface area contributed by atoms with Gasteiger partial charge >= 0.3 is 0 Å². The van der Waals surface area contributed by atoms with Crippen LogP contribution in [-0.4, -0.2) is 32.0 Å². The minimum absolute atomic E-state index is 0.335. The summed E-state index contributed by atoms with van der Waals surface area (Å²) in [4.78, 5) is 0. The van der Waals surface area contributed by atoms with Crippen molar-refractivity contribution in [1.29, 1.82) is 0 Å². The SMILES string of the molecule is [CH2]CCCCCCCCCCCCCCCCCOC1CCCCC([O])COCC1.